The van der Waals surface area contributed by atoms with Crippen molar-refractivity contribution in [2.45, 2.75) is 6.92 Å². The molecule has 1 aliphatic heterocycles. The van der Waals surface area contributed by atoms with E-state index in [1.807, 2.05) is 24.3 Å². The molecule has 0 saturated carbocycles. The molecular weight excluding hydrogens is 406 g/mol. The standard InChI is InChI=1S/C14H12O3P2S4/c1-10(15)17-12-4-8-14(9-5-12)19(21)22-18(20,23-19)13-6-2-11(16)3-7-13/h2-9,16H,1H3. The number of hydrogen-bond acceptors (Lipinski definition) is 7. The molecule has 0 unspecified atom stereocenters. The molecule has 0 amide bonds. The summed E-state index contributed by atoms with van der Waals surface area (Å²) in [5, 5.41) is 11.6. The quantitative estimate of drug-likeness (QED) is 0.451. The van der Waals surface area contributed by atoms with Crippen molar-refractivity contribution in [1.29, 1.82) is 0 Å². The molecule has 1 N–H and O–H groups in total. The first-order valence-corrected chi connectivity index (χ1v) is 16.2. The average Bonchev–Trinajstić information content (AvgIpc) is 2.46. The summed E-state index contributed by atoms with van der Waals surface area (Å²) in [7, 11) is 0. The largest absolute Gasteiger partial charge is 0.508 e. The number of phenols is 1. The van der Waals surface area contributed by atoms with E-state index in [1.54, 1.807) is 46.3 Å². The van der Waals surface area contributed by atoms with Gasteiger partial charge in [-0.25, -0.2) is 0 Å². The van der Waals surface area contributed by atoms with Gasteiger partial charge in [0.05, 0.1) is 8.88 Å². The predicted octanol–water partition coefficient (Wildman–Crippen LogP) is 4.37. The van der Waals surface area contributed by atoms with Crippen LogP contribution in [-0.4, -0.2) is 11.1 Å². The fourth-order valence-corrected chi connectivity index (χ4v) is 44.3. The van der Waals surface area contributed by atoms with Gasteiger partial charge in [0.25, 0.3) is 0 Å². The van der Waals surface area contributed by atoms with E-state index in [0.717, 1.165) is 10.6 Å². The topological polar surface area (TPSA) is 46.5 Å². The molecule has 0 aliphatic carbocycles. The highest BCUT2D eigenvalue weighted by atomic mass is 33.7. The average molecular weight is 418 g/mol. The normalized spacial score (nSPS) is 26.3. The van der Waals surface area contributed by atoms with Crippen molar-refractivity contribution in [3.8, 4) is 11.5 Å². The fraction of sp³-hybridized carbons (Fsp3) is 0.0714. The molecule has 0 spiro atoms. The molecule has 2 aromatic carbocycles. The van der Waals surface area contributed by atoms with Gasteiger partial charge in [0.1, 0.15) is 11.5 Å². The Labute approximate surface area is 152 Å². The first kappa shape index (κ1) is 17.5. The zero-order chi connectivity index (χ0) is 16.7. The lowest BCUT2D eigenvalue weighted by molar-refractivity contribution is -0.131. The molecule has 3 nitrogen and oxygen atoms in total. The highest BCUT2D eigenvalue weighted by molar-refractivity contribution is 9.48. The summed E-state index contributed by atoms with van der Waals surface area (Å²) in [4.78, 5) is 11.0. The van der Waals surface area contributed by atoms with Crippen LogP contribution in [0.1, 0.15) is 6.92 Å². The maximum Gasteiger partial charge on any atom is 0.308 e. The van der Waals surface area contributed by atoms with Crippen molar-refractivity contribution in [3.63, 3.8) is 0 Å². The predicted molar refractivity (Wildman–Crippen MR) is 109 cm³/mol. The summed E-state index contributed by atoms with van der Waals surface area (Å²) < 4.78 is 1.48. The lowest BCUT2D eigenvalue weighted by Gasteiger charge is -2.40. The van der Waals surface area contributed by atoms with Crippen LogP contribution in [0.2, 0.25) is 0 Å². The van der Waals surface area contributed by atoms with E-state index in [4.69, 9.17) is 28.4 Å². The molecule has 1 aliphatic rings. The second-order valence-electron chi connectivity index (χ2n) is 4.76. The van der Waals surface area contributed by atoms with Gasteiger partial charge in [-0.2, -0.15) is 0 Å². The summed E-state index contributed by atoms with van der Waals surface area (Å²) in [5.41, 5.74) is 0. The smallest absolute Gasteiger partial charge is 0.308 e. The Morgan fingerprint density at radius 2 is 1.39 bits per heavy atom. The molecule has 1 heterocycles. The van der Waals surface area contributed by atoms with Crippen molar-refractivity contribution >= 4 is 71.1 Å². The van der Waals surface area contributed by atoms with E-state index in [2.05, 4.69) is 0 Å². The third kappa shape index (κ3) is 3.71. The van der Waals surface area contributed by atoms with Crippen LogP contribution in [0, 0.1) is 0 Å². The van der Waals surface area contributed by atoms with Crippen LogP contribution in [0.5, 0.6) is 11.5 Å². The molecule has 120 valence electrons. The minimum absolute atomic E-state index is 0.242. The summed E-state index contributed by atoms with van der Waals surface area (Å²) in [5.74, 6) is 0.429. The van der Waals surface area contributed by atoms with Gasteiger partial charge in [-0.3, -0.25) is 4.79 Å². The number of ether oxygens (including phenoxy) is 1. The molecule has 0 radical (unpaired) electrons. The summed E-state index contributed by atoms with van der Waals surface area (Å²) >= 11 is 15.1. The highest BCUT2D eigenvalue weighted by Gasteiger charge is 2.45. The Bertz CT molecular complexity index is 835. The number of rotatable bonds is 3. The van der Waals surface area contributed by atoms with E-state index >= 15 is 0 Å². The Balaban J connectivity index is 1.78. The molecular formula is C14H12O3P2S4. The zero-order valence-electron chi connectivity index (χ0n) is 11.9. The van der Waals surface area contributed by atoms with Crippen molar-refractivity contribution in [1.82, 2.24) is 0 Å². The number of carbonyl (C=O) groups is 1. The lowest BCUT2D eigenvalue weighted by Crippen LogP contribution is -2.09. The van der Waals surface area contributed by atoms with Crippen LogP contribution >= 0.6 is 30.9 Å². The molecule has 1 saturated heterocycles. The summed E-state index contributed by atoms with van der Waals surface area (Å²) in [6.45, 7) is 1.38. The molecule has 0 aromatic heterocycles. The number of phenolic OH excluding ortho intramolecular Hbond substituents is 1. The Hall–Kier alpha value is -0.290. The van der Waals surface area contributed by atoms with Crippen LogP contribution < -0.4 is 15.3 Å². The number of hydrogen-bond donors (Lipinski definition) is 1. The van der Waals surface area contributed by atoms with Crippen LogP contribution in [0.25, 0.3) is 0 Å². The van der Waals surface area contributed by atoms with Gasteiger partial charge in [0.15, 0.2) is 0 Å². The Morgan fingerprint density at radius 1 is 0.957 bits per heavy atom. The third-order valence-electron chi connectivity index (χ3n) is 3.01. The summed E-state index contributed by atoms with van der Waals surface area (Å²) in [6.07, 6.45) is 0. The van der Waals surface area contributed by atoms with Crippen LogP contribution in [0.4, 0.5) is 0 Å². The molecule has 0 bridgehead atoms. The van der Waals surface area contributed by atoms with Crippen LogP contribution in [0.15, 0.2) is 48.5 Å². The van der Waals surface area contributed by atoms with Crippen molar-refractivity contribution in [3.05, 3.63) is 48.5 Å². The minimum atomic E-state index is -1.79. The zero-order valence-corrected chi connectivity index (χ0v) is 17.0. The molecule has 9 heteroatoms. The maximum absolute atomic E-state index is 11.0. The van der Waals surface area contributed by atoms with Crippen molar-refractivity contribution < 1.29 is 14.6 Å². The second-order valence-corrected chi connectivity index (χ2v) is 26.1. The number of benzene rings is 2. The van der Waals surface area contributed by atoms with Gasteiger partial charge in [-0.05, 0) is 48.5 Å². The van der Waals surface area contributed by atoms with E-state index in [9.17, 15) is 9.90 Å². The Morgan fingerprint density at radius 3 is 1.83 bits per heavy atom. The third-order valence-corrected chi connectivity index (χ3v) is 34.2. The number of carbonyl (C=O) groups excluding carboxylic acids is 1. The van der Waals surface area contributed by atoms with Gasteiger partial charge in [-0.15, -0.1) is 0 Å². The first-order valence-electron chi connectivity index (χ1n) is 6.52. The highest BCUT2D eigenvalue weighted by Crippen LogP contribution is 3.04. The van der Waals surface area contributed by atoms with E-state index in [0.29, 0.717) is 5.75 Å². The Kier molecular flexibility index (Phi) is 4.99. The van der Waals surface area contributed by atoms with E-state index in [1.165, 1.54) is 6.92 Å². The minimum Gasteiger partial charge on any atom is -0.508 e. The maximum atomic E-state index is 11.0. The van der Waals surface area contributed by atoms with Gasteiger partial charge < -0.3 is 9.84 Å². The summed E-state index contributed by atoms with van der Waals surface area (Å²) in [6, 6.07) is 14.5. The molecule has 23 heavy (non-hydrogen) atoms. The fourth-order valence-electron chi connectivity index (χ4n) is 1.98. The first-order chi connectivity index (χ1) is 10.8. The molecule has 2 aromatic rings. The van der Waals surface area contributed by atoms with Crippen LogP contribution in [0.3, 0.4) is 0 Å². The van der Waals surface area contributed by atoms with Gasteiger partial charge in [0.2, 0.25) is 0 Å². The van der Waals surface area contributed by atoms with E-state index in [-0.39, 0.29) is 11.7 Å². The van der Waals surface area contributed by atoms with Crippen molar-refractivity contribution in [2.75, 3.05) is 0 Å². The lowest BCUT2D eigenvalue weighted by atomic mass is 10.3. The van der Waals surface area contributed by atoms with E-state index < -0.39 is 8.88 Å². The monoisotopic (exact) mass is 418 g/mol. The number of esters is 1. The molecule has 3 rings (SSSR count). The van der Waals surface area contributed by atoms with Gasteiger partial charge in [0, 0.05) is 17.5 Å². The second kappa shape index (κ2) is 6.55. The van der Waals surface area contributed by atoms with Crippen LogP contribution in [-0.2, 0) is 28.4 Å². The van der Waals surface area contributed by atoms with Crippen molar-refractivity contribution in [2.24, 2.45) is 0 Å². The van der Waals surface area contributed by atoms with Gasteiger partial charge >= 0.3 is 5.97 Å². The molecule has 0 atom stereocenters. The van der Waals surface area contributed by atoms with Gasteiger partial charge in [-0.1, -0.05) is 45.6 Å². The number of aromatic hydroxyl groups is 1. The molecule has 1 fully saturated rings. The SMILES string of the molecule is CC(=O)Oc1ccc(P2(=S)SP(=S)(c3ccc(O)cc3)S2)cc1.